The minimum Gasteiger partial charge on any atom is -0.383 e. The highest BCUT2D eigenvalue weighted by Crippen LogP contribution is 2.17. The first-order valence-corrected chi connectivity index (χ1v) is 5.20. The predicted molar refractivity (Wildman–Crippen MR) is 62.7 cm³/mol. The number of aryl methyl sites for hydroxylation is 1. The summed E-state index contributed by atoms with van der Waals surface area (Å²) >= 11 is 2.36. The Hall–Kier alpha value is -0.250. The summed E-state index contributed by atoms with van der Waals surface area (Å²) in [4.78, 5) is 0. The van der Waals surface area contributed by atoms with Gasteiger partial charge in [-0.3, -0.25) is 0 Å². The van der Waals surface area contributed by atoms with Gasteiger partial charge in [0.05, 0.1) is 0 Å². The van der Waals surface area contributed by atoms with Crippen LogP contribution in [0.25, 0.3) is 0 Å². The normalized spacial score (nSPS) is 10.4. The minimum atomic E-state index is 0.503. The Balaban J connectivity index is 2.82. The maximum atomic E-state index is 3.37. The van der Waals surface area contributed by atoms with E-state index in [-0.39, 0.29) is 0 Å². The molecule has 1 rings (SSSR count). The van der Waals surface area contributed by atoms with Crippen molar-refractivity contribution in [3.63, 3.8) is 0 Å². The highest BCUT2D eigenvalue weighted by molar-refractivity contribution is 14.1. The van der Waals surface area contributed by atoms with Crippen LogP contribution in [0, 0.1) is 10.5 Å². The molecular weight excluding hydrogens is 261 g/mol. The van der Waals surface area contributed by atoms with Gasteiger partial charge in [-0.05, 0) is 61.1 Å². The monoisotopic (exact) mass is 275 g/mol. The number of halogens is 1. The second kappa shape index (κ2) is 4.12. The van der Waals surface area contributed by atoms with E-state index in [4.69, 9.17) is 0 Å². The van der Waals surface area contributed by atoms with Crippen LogP contribution in [-0.2, 0) is 0 Å². The molecule has 0 aliphatic rings. The molecule has 0 aromatic heterocycles. The van der Waals surface area contributed by atoms with Crippen molar-refractivity contribution in [2.24, 2.45) is 0 Å². The lowest BCUT2D eigenvalue weighted by molar-refractivity contribution is 0.899. The highest BCUT2D eigenvalue weighted by Gasteiger charge is 1.97. The Morgan fingerprint density at radius 2 is 2.00 bits per heavy atom. The van der Waals surface area contributed by atoms with Gasteiger partial charge in [0.2, 0.25) is 0 Å². The minimum absolute atomic E-state index is 0.503. The van der Waals surface area contributed by atoms with Crippen LogP contribution in [-0.4, -0.2) is 6.04 Å². The van der Waals surface area contributed by atoms with Crippen molar-refractivity contribution in [3.8, 4) is 0 Å². The van der Waals surface area contributed by atoms with Gasteiger partial charge >= 0.3 is 0 Å². The van der Waals surface area contributed by atoms with E-state index in [1.165, 1.54) is 14.8 Å². The van der Waals surface area contributed by atoms with Gasteiger partial charge in [-0.2, -0.15) is 0 Å². The summed E-state index contributed by atoms with van der Waals surface area (Å²) in [5.74, 6) is 0. The SMILES string of the molecule is Cc1ccc(NC(C)C)cc1I. The fourth-order valence-corrected chi connectivity index (χ4v) is 1.53. The second-order valence-corrected chi connectivity index (χ2v) is 4.43. The summed E-state index contributed by atoms with van der Waals surface area (Å²) in [6.45, 7) is 6.42. The van der Waals surface area contributed by atoms with Gasteiger partial charge < -0.3 is 5.32 Å². The molecule has 12 heavy (non-hydrogen) atoms. The summed E-state index contributed by atoms with van der Waals surface area (Å²) in [5.41, 5.74) is 2.55. The summed E-state index contributed by atoms with van der Waals surface area (Å²) in [5, 5.41) is 3.37. The third-order valence-corrected chi connectivity index (χ3v) is 2.79. The topological polar surface area (TPSA) is 12.0 Å². The van der Waals surface area contributed by atoms with E-state index in [9.17, 15) is 0 Å². The van der Waals surface area contributed by atoms with Crippen LogP contribution in [0.3, 0.4) is 0 Å². The van der Waals surface area contributed by atoms with Gasteiger partial charge in [0, 0.05) is 15.3 Å². The molecule has 0 aliphatic carbocycles. The molecule has 0 radical (unpaired) electrons. The fraction of sp³-hybridized carbons (Fsp3) is 0.400. The van der Waals surface area contributed by atoms with Gasteiger partial charge in [0.25, 0.3) is 0 Å². The van der Waals surface area contributed by atoms with Crippen molar-refractivity contribution in [2.45, 2.75) is 26.8 Å². The first kappa shape index (κ1) is 9.84. The molecule has 0 aliphatic heterocycles. The molecule has 2 heteroatoms. The molecule has 0 saturated heterocycles. The fourth-order valence-electron chi connectivity index (χ4n) is 1.02. The molecule has 0 atom stereocenters. The van der Waals surface area contributed by atoms with Crippen molar-refractivity contribution in [3.05, 3.63) is 27.3 Å². The van der Waals surface area contributed by atoms with Crippen LogP contribution in [0.2, 0.25) is 0 Å². The Labute approximate surface area is 87.7 Å². The molecule has 66 valence electrons. The zero-order valence-corrected chi connectivity index (χ0v) is 9.84. The lowest BCUT2D eigenvalue weighted by Gasteiger charge is -2.10. The molecule has 0 unspecified atom stereocenters. The van der Waals surface area contributed by atoms with Gasteiger partial charge in [0.1, 0.15) is 0 Å². The molecule has 0 fully saturated rings. The Kier molecular flexibility index (Phi) is 3.38. The van der Waals surface area contributed by atoms with E-state index in [0.717, 1.165) is 0 Å². The molecule has 0 heterocycles. The summed E-state index contributed by atoms with van der Waals surface area (Å²) in [6.07, 6.45) is 0. The van der Waals surface area contributed by atoms with E-state index in [2.05, 4.69) is 66.9 Å². The molecule has 0 amide bonds. The largest absolute Gasteiger partial charge is 0.383 e. The number of nitrogens with one attached hydrogen (secondary N) is 1. The summed E-state index contributed by atoms with van der Waals surface area (Å²) < 4.78 is 1.32. The van der Waals surface area contributed by atoms with Crippen molar-refractivity contribution in [1.29, 1.82) is 0 Å². The zero-order valence-electron chi connectivity index (χ0n) is 7.69. The Morgan fingerprint density at radius 1 is 1.33 bits per heavy atom. The maximum Gasteiger partial charge on any atom is 0.0352 e. The average molecular weight is 275 g/mol. The number of hydrogen-bond acceptors (Lipinski definition) is 1. The average Bonchev–Trinajstić information content (AvgIpc) is 1.96. The van der Waals surface area contributed by atoms with Gasteiger partial charge in [0.15, 0.2) is 0 Å². The third-order valence-electron chi connectivity index (χ3n) is 1.63. The maximum absolute atomic E-state index is 3.37. The molecule has 0 spiro atoms. The molecule has 1 aromatic rings. The van der Waals surface area contributed by atoms with Crippen molar-refractivity contribution in [2.75, 3.05) is 5.32 Å². The zero-order chi connectivity index (χ0) is 9.14. The van der Waals surface area contributed by atoms with Gasteiger partial charge in [-0.1, -0.05) is 6.07 Å². The van der Waals surface area contributed by atoms with Crippen LogP contribution >= 0.6 is 22.6 Å². The molecule has 1 aromatic carbocycles. The molecule has 1 nitrogen and oxygen atoms in total. The Morgan fingerprint density at radius 3 is 2.50 bits per heavy atom. The first-order valence-electron chi connectivity index (χ1n) is 4.12. The van der Waals surface area contributed by atoms with Crippen molar-refractivity contribution in [1.82, 2.24) is 0 Å². The van der Waals surface area contributed by atoms with Gasteiger partial charge in [-0.25, -0.2) is 0 Å². The summed E-state index contributed by atoms with van der Waals surface area (Å²) in [6, 6.07) is 6.95. The van der Waals surface area contributed by atoms with Gasteiger partial charge in [-0.15, -0.1) is 0 Å². The highest BCUT2D eigenvalue weighted by atomic mass is 127. The van der Waals surface area contributed by atoms with Crippen LogP contribution in [0.15, 0.2) is 18.2 Å². The second-order valence-electron chi connectivity index (χ2n) is 3.26. The number of hydrogen-bond donors (Lipinski definition) is 1. The molecule has 1 N–H and O–H groups in total. The standard InChI is InChI=1S/C10H14IN/c1-7(2)12-9-5-4-8(3)10(11)6-9/h4-7,12H,1-3H3. The van der Waals surface area contributed by atoms with Crippen LogP contribution in [0.1, 0.15) is 19.4 Å². The molecule has 0 saturated carbocycles. The lowest BCUT2D eigenvalue weighted by atomic mass is 10.2. The molecule has 0 bridgehead atoms. The first-order chi connectivity index (χ1) is 5.59. The Bertz CT molecular complexity index is 269. The van der Waals surface area contributed by atoms with E-state index < -0.39 is 0 Å². The summed E-state index contributed by atoms with van der Waals surface area (Å²) in [7, 11) is 0. The van der Waals surface area contributed by atoms with E-state index in [0.29, 0.717) is 6.04 Å². The quantitative estimate of drug-likeness (QED) is 0.815. The van der Waals surface area contributed by atoms with E-state index >= 15 is 0 Å². The lowest BCUT2D eigenvalue weighted by Crippen LogP contribution is -2.09. The van der Waals surface area contributed by atoms with E-state index in [1.54, 1.807) is 0 Å². The smallest absolute Gasteiger partial charge is 0.0352 e. The van der Waals surface area contributed by atoms with Crippen LogP contribution in [0.5, 0.6) is 0 Å². The molecular formula is C10H14IN. The number of anilines is 1. The number of benzene rings is 1. The van der Waals surface area contributed by atoms with Crippen LogP contribution in [0.4, 0.5) is 5.69 Å². The number of rotatable bonds is 2. The van der Waals surface area contributed by atoms with Crippen molar-refractivity contribution >= 4 is 28.3 Å². The van der Waals surface area contributed by atoms with E-state index in [1.807, 2.05) is 0 Å². The third kappa shape index (κ3) is 2.66. The van der Waals surface area contributed by atoms with Crippen LogP contribution < -0.4 is 5.32 Å². The van der Waals surface area contributed by atoms with Crippen molar-refractivity contribution < 1.29 is 0 Å². The predicted octanol–water partition coefficient (Wildman–Crippen LogP) is 3.42.